The minimum absolute atomic E-state index is 0.231. The normalized spacial score (nSPS) is 13.0. The first-order valence-corrected chi connectivity index (χ1v) is 8.15. The molecule has 0 aliphatic carbocycles. The summed E-state index contributed by atoms with van der Waals surface area (Å²) in [7, 11) is 0. The molecule has 2 aromatic rings. The average Bonchev–Trinajstić information content (AvgIpc) is 2.91. The van der Waals surface area contributed by atoms with Gasteiger partial charge in [0.1, 0.15) is 0 Å². The van der Waals surface area contributed by atoms with Gasteiger partial charge in [0.15, 0.2) is 5.96 Å². The van der Waals surface area contributed by atoms with Crippen LogP contribution in [-0.2, 0) is 6.54 Å². The highest BCUT2D eigenvalue weighted by Crippen LogP contribution is 2.16. The van der Waals surface area contributed by atoms with Crippen LogP contribution in [0.3, 0.4) is 0 Å². The average molecular weight is 301 g/mol. The first-order chi connectivity index (χ1) is 10.2. The van der Waals surface area contributed by atoms with E-state index in [9.17, 15) is 0 Å². The Morgan fingerprint density at radius 2 is 1.95 bits per heavy atom. The number of hydrogen-bond acceptors (Lipinski definition) is 2. The summed E-state index contributed by atoms with van der Waals surface area (Å²) in [6.45, 7) is 7.93. The molecule has 21 heavy (non-hydrogen) atoms. The van der Waals surface area contributed by atoms with Crippen LogP contribution in [0.4, 0.5) is 0 Å². The minimum Gasteiger partial charge on any atom is -0.357 e. The highest BCUT2D eigenvalue weighted by atomic mass is 32.1. The summed E-state index contributed by atoms with van der Waals surface area (Å²) in [6, 6.07) is 14.9. The zero-order valence-electron chi connectivity index (χ0n) is 12.9. The van der Waals surface area contributed by atoms with Crippen LogP contribution in [0.5, 0.6) is 0 Å². The second kappa shape index (κ2) is 7.84. The largest absolute Gasteiger partial charge is 0.357 e. The van der Waals surface area contributed by atoms with Gasteiger partial charge in [0.25, 0.3) is 0 Å². The predicted octanol–water partition coefficient (Wildman–Crippen LogP) is 3.87. The van der Waals surface area contributed by atoms with Gasteiger partial charge in [0.2, 0.25) is 0 Å². The van der Waals surface area contributed by atoms with E-state index in [4.69, 9.17) is 0 Å². The monoisotopic (exact) mass is 301 g/mol. The van der Waals surface area contributed by atoms with Gasteiger partial charge in [-0.3, -0.25) is 0 Å². The van der Waals surface area contributed by atoms with Crippen molar-refractivity contribution in [3.8, 4) is 0 Å². The van der Waals surface area contributed by atoms with Gasteiger partial charge in [-0.15, -0.1) is 11.3 Å². The SMILES string of the molecule is CCNC(=NCc1ccc(C)s1)NC(C)c1ccccc1. The minimum atomic E-state index is 0.231. The second-order valence-corrected chi connectivity index (χ2v) is 6.36. The summed E-state index contributed by atoms with van der Waals surface area (Å²) in [6.07, 6.45) is 0. The molecule has 112 valence electrons. The van der Waals surface area contributed by atoms with E-state index in [0.29, 0.717) is 0 Å². The topological polar surface area (TPSA) is 36.4 Å². The van der Waals surface area contributed by atoms with Gasteiger partial charge >= 0.3 is 0 Å². The van der Waals surface area contributed by atoms with Crippen molar-refractivity contribution in [3.05, 3.63) is 57.8 Å². The Balaban J connectivity index is 2.01. The van der Waals surface area contributed by atoms with Crippen LogP contribution in [0.25, 0.3) is 0 Å². The molecule has 1 heterocycles. The van der Waals surface area contributed by atoms with Gasteiger partial charge in [-0.05, 0) is 38.5 Å². The number of thiophene rings is 1. The maximum atomic E-state index is 4.67. The molecule has 0 aliphatic heterocycles. The first kappa shape index (κ1) is 15.6. The van der Waals surface area contributed by atoms with E-state index in [1.54, 1.807) is 11.3 Å². The Morgan fingerprint density at radius 3 is 2.57 bits per heavy atom. The van der Waals surface area contributed by atoms with E-state index in [1.807, 2.05) is 6.07 Å². The van der Waals surface area contributed by atoms with Crippen molar-refractivity contribution in [2.45, 2.75) is 33.4 Å². The Bertz CT molecular complexity index is 575. The first-order valence-electron chi connectivity index (χ1n) is 7.34. The number of hydrogen-bond donors (Lipinski definition) is 2. The van der Waals surface area contributed by atoms with Crippen molar-refractivity contribution in [1.82, 2.24) is 10.6 Å². The van der Waals surface area contributed by atoms with Crippen molar-refractivity contribution in [2.24, 2.45) is 4.99 Å². The van der Waals surface area contributed by atoms with Crippen molar-refractivity contribution in [2.75, 3.05) is 6.54 Å². The Hall–Kier alpha value is -1.81. The standard InChI is InChI=1S/C17H23N3S/c1-4-18-17(19-12-16-11-10-13(2)21-16)20-14(3)15-8-6-5-7-9-15/h5-11,14H,4,12H2,1-3H3,(H2,18,19,20). The lowest BCUT2D eigenvalue weighted by Crippen LogP contribution is -2.38. The van der Waals surface area contributed by atoms with Gasteiger partial charge in [-0.1, -0.05) is 30.3 Å². The maximum absolute atomic E-state index is 4.67. The van der Waals surface area contributed by atoms with Crippen LogP contribution < -0.4 is 10.6 Å². The number of aliphatic imine (C=N–C) groups is 1. The number of rotatable bonds is 5. The lowest BCUT2D eigenvalue weighted by molar-refractivity contribution is 0.687. The zero-order valence-corrected chi connectivity index (χ0v) is 13.7. The fourth-order valence-corrected chi connectivity index (χ4v) is 2.89. The zero-order chi connectivity index (χ0) is 15.1. The fraction of sp³-hybridized carbons (Fsp3) is 0.353. The van der Waals surface area contributed by atoms with E-state index >= 15 is 0 Å². The molecule has 0 amide bonds. The van der Waals surface area contributed by atoms with Crippen LogP contribution in [0.2, 0.25) is 0 Å². The van der Waals surface area contributed by atoms with Crippen LogP contribution in [0.1, 0.15) is 35.2 Å². The van der Waals surface area contributed by atoms with E-state index in [2.05, 4.69) is 72.8 Å². The number of guanidine groups is 1. The fourth-order valence-electron chi connectivity index (χ4n) is 2.08. The Kier molecular flexibility index (Phi) is 5.81. The molecule has 0 aliphatic rings. The molecule has 0 fully saturated rings. The number of nitrogens with zero attached hydrogens (tertiary/aromatic N) is 1. The lowest BCUT2D eigenvalue weighted by Gasteiger charge is -2.18. The molecular formula is C17H23N3S. The summed E-state index contributed by atoms with van der Waals surface area (Å²) >= 11 is 1.80. The van der Waals surface area contributed by atoms with Gasteiger partial charge in [-0.2, -0.15) is 0 Å². The van der Waals surface area contributed by atoms with Crippen LogP contribution >= 0.6 is 11.3 Å². The Labute approximate surface area is 131 Å². The van der Waals surface area contributed by atoms with Crippen molar-refractivity contribution in [3.63, 3.8) is 0 Å². The van der Waals surface area contributed by atoms with Crippen LogP contribution in [-0.4, -0.2) is 12.5 Å². The lowest BCUT2D eigenvalue weighted by atomic mass is 10.1. The molecule has 1 unspecified atom stereocenters. The van der Waals surface area contributed by atoms with Crippen molar-refractivity contribution >= 4 is 17.3 Å². The molecule has 3 nitrogen and oxygen atoms in total. The molecular weight excluding hydrogens is 278 g/mol. The Morgan fingerprint density at radius 1 is 1.19 bits per heavy atom. The number of benzene rings is 1. The van der Waals surface area contributed by atoms with Gasteiger partial charge in [0.05, 0.1) is 12.6 Å². The summed E-state index contributed by atoms with van der Waals surface area (Å²) in [4.78, 5) is 7.29. The molecule has 1 aromatic carbocycles. The maximum Gasteiger partial charge on any atom is 0.192 e. The van der Waals surface area contributed by atoms with Gasteiger partial charge in [0, 0.05) is 16.3 Å². The highest BCUT2D eigenvalue weighted by Gasteiger charge is 2.07. The molecule has 4 heteroatoms. The van der Waals surface area contributed by atoms with E-state index in [1.165, 1.54) is 15.3 Å². The second-order valence-electron chi connectivity index (χ2n) is 4.98. The molecule has 1 aromatic heterocycles. The highest BCUT2D eigenvalue weighted by molar-refractivity contribution is 7.11. The molecule has 0 saturated heterocycles. The smallest absolute Gasteiger partial charge is 0.192 e. The number of nitrogens with one attached hydrogen (secondary N) is 2. The summed E-state index contributed by atoms with van der Waals surface area (Å²) in [5, 5.41) is 6.76. The van der Waals surface area contributed by atoms with Gasteiger partial charge < -0.3 is 10.6 Å². The van der Waals surface area contributed by atoms with Crippen molar-refractivity contribution < 1.29 is 0 Å². The molecule has 1 atom stereocenters. The van der Waals surface area contributed by atoms with Crippen LogP contribution in [0.15, 0.2) is 47.5 Å². The van der Waals surface area contributed by atoms with E-state index in [0.717, 1.165) is 19.0 Å². The summed E-state index contributed by atoms with van der Waals surface area (Å²) in [5.41, 5.74) is 1.26. The number of aryl methyl sites for hydroxylation is 1. The summed E-state index contributed by atoms with van der Waals surface area (Å²) < 4.78 is 0. The van der Waals surface area contributed by atoms with Crippen molar-refractivity contribution in [1.29, 1.82) is 0 Å². The van der Waals surface area contributed by atoms with E-state index in [-0.39, 0.29) is 6.04 Å². The third-order valence-electron chi connectivity index (χ3n) is 3.19. The summed E-state index contributed by atoms with van der Waals surface area (Å²) in [5.74, 6) is 0.861. The molecule has 0 bridgehead atoms. The third-order valence-corrected chi connectivity index (χ3v) is 4.17. The van der Waals surface area contributed by atoms with Gasteiger partial charge in [-0.25, -0.2) is 4.99 Å². The predicted molar refractivity (Wildman–Crippen MR) is 91.9 cm³/mol. The molecule has 2 N–H and O–H groups in total. The van der Waals surface area contributed by atoms with E-state index < -0.39 is 0 Å². The molecule has 0 saturated carbocycles. The third kappa shape index (κ3) is 4.90. The molecule has 2 rings (SSSR count). The van der Waals surface area contributed by atoms with Crippen LogP contribution in [0, 0.1) is 6.92 Å². The molecule has 0 spiro atoms. The molecule has 0 radical (unpaired) electrons. The quantitative estimate of drug-likeness (QED) is 0.649.